The lowest BCUT2D eigenvalue weighted by Crippen LogP contribution is -2.49. The molecule has 1 amide bonds. The zero-order valence-corrected chi connectivity index (χ0v) is 8.21. The molecule has 0 radical (unpaired) electrons. The molecule has 13 heavy (non-hydrogen) atoms. The third kappa shape index (κ3) is 3.61. The van der Waals surface area contributed by atoms with E-state index in [1.165, 1.54) is 0 Å². The van der Waals surface area contributed by atoms with Gasteiger partial charge >= 0.3 is 5.97 Å². The van der Waals surface area contributed by atoms with Gasteiger partial charge in [-0.1, -0.05) is 0 Å². The molecule has 0 aromatic rings. The molecule has 0 atom stereocenters. The van der Waals surface area contributed by atoms with E-state index in [4.69, 9.17) is 5.11 Å². The smallest absolute Gasteiger partial charge is 0.317 e. The van der Waals surface area contributed by atoms with Crippen molar-refractivity contribution in [3.63, 3.8) is 0 Å². The fraction of sp³-hybridized carbons (Fsp3) is 0.714. The first-order valence-corrected chi connectivity index (χ1v) is 3.77. The molecule has 0 aliphatic carbocycles. The molecule has 1 N–H and O–H groups in total. The van der Waals surface area contributed by atoms with Crippen LogP contribution in [0.3, 0.4) is 0 Å². The third-order valence-electron chi connectivity index (χ3n) is 1.90. The van der Waals surface area contributed by atoms with Gasteiger partial charge in [0, 0.05) is 20.1 Å². The van der Waals surface area contributed by atoms with Gasteiger partial charge in [0.25, 0.3) is 0 Å². The number of carbonyl (C=O) groups is 2. The molecule has 1 fully saturated rings. The van der Waals surface area contributed by atoms with Crippen molar-refractivity contribution in [2.24, 2.45) is 0 Å². The van der Waals surface area contributed by atoms with E-state index in [1.54, 1.807) is 16.8 Å². The minimum atomic E-state index is -0.882. The van der Waals surface area contributed by atoms with Gasteiger partial charge in [0.15, 0.2) is 0 Å². The van der Waals surface area contributed by atoms with Gasteiger partial charge in [-0.25, -0.2) is 0 Å². The highest BCUT2D eigenvalue weighted by molar-refractivity contribution is 5.85. The second-order valence-electron chi connectivity index (χ2n) is 2.92. The lowest BCUT2D eigenvalue weighted by atomic mass is 10.3. The molecule has 0 bridgehead atoms. The van der Waals surface area contributed by atoms with Crippen LogP contribution in [0, 0.1) is 0 Å². The van der Waals surface area contributed by atoms with E-state index < -0.39 is 5.97 Å². The Balaban J connectivity index is 0.00000144. The molecule has 76 valence electrons. The van der Waals surface area contributed by atoms with E-state index in [0.717, 1.165) is 0 Å². The number of nitrogens with zero attached hydrogens (tertiary/aromatic N) is 2. The first-order chi connectivity index (χ1) is 5.59. The molecular weight excluding hydrogens is 196 g/mol. The van der Waals surface area contributed by atoms with E-state index in [-0.39, 0.29) is 31.4 Å². The van der Waals surface area contributed by atoms with Crippen molar-refractivity contribution in [1.82, 2.24) is 9.80 Å². The molecule has 1 heterocycles. The van der Waals surface area contributed by atoms with Crippen molar-refractivity contribution in [1.29, 1.82) is 0 Å². The molecule has 5 nitrogen and oxygen atoms in total. The number of carbonyl (C=O) groups excluding carboxylic acids is 1. The van der Waals surface area contributed by atoms with Crippen molar-refractivity contribution in [3.8, 4) is 0 Å². The van der Waals surface area contributed by atoms with Crippen molar-refractivity contribution in [3.05, 3.63) is 0 Å². The van der Waals surface area contributed by atoms with Gasteiger partial charge in [0.05, 0.1) is 13.1 Å². The zero-order valence-electron chi connectivity index (χ0n) is 7.39. The van der Waals surface area contributed by atoms with Crippen molar-refractivity contribution < 1.29 is 14.7 Å². The molecule has 1 aliphatic heterocycles. The topological polar surface area (TPSA) is 60.9 Å². The number of hydrogen-bond donors (Lipinski definition) is 1. The van der Waals surface area contributed by atoms with Crippen LogP contribution in [0.5, 0.6) is 0 Å². The molecule has 0 unspecified atom stereocenters. The van der Waals surface area contributed by atoms with Gasteiger partial charge < -0.3 is 10.0 Å². The Labute approximate surface area is 82.7 Å². The molecular formula is C7H13ClN2O3. The van der Waals surface area contributed by atoms with Crippen molar-refractivity contribution in [2.75, 3.05) is 33.2 Å². The first kappa shape index (κ1) is 12.2. The quantitative estimate of drug-likeness (QED) is 0.650. The minimum Gasteiger partial charge on any atom is -0.480 e. The molecule has 6 heteroatoms. The van der Waals surface area contributed by atoms with E-state index >= 15 is 0 Å². The Hall–Kier alpha value is -0.810. The summed E-state index contributed by atoms with van der Waals surface area (Å²) in [6, 6.07) is 0. The monoisotopic (exact) mass is 208 g/mol. The van der Waals surface area contributed by atoms with Crippen LogP contribution in [0.4, 0.5) is 0 Å². The van der Waals surface area contributed by atoms with Crippen LogP contribution in [-0.2, 0) is 9.59 Å². The Morgan fingerprint density at radius 3 is 2.62 bits per heavy atom. The zero-order chi connectivity index (χ0) is 9.14. The number of halogens is 1. The molecule has 0 aromatic heterocycles. The van der Waals surface area contributed by atoms with Gasteiger partial charge in [0.2, 0.25) is 5.91 Å². The maximum atomic E-state index is 11.1. The summed E-state index contributed by atoms with van der Waals surface area (Å²) in [5, 5.41) is 8.45. The number of carboxylic acids is 1. The average Bonchev–Trinajstić information content (AvgIpc) is 1.96. The summed E-state index contributed by atoms with van der Waals surface area (Å²) in [7, 11) is 1.72. The van der Waals surface area contributed by atoms with Crippen LogP contribution in [0.25, 0.3) is 0 Å². The Morgan fingerprint density at radius 1 is 1.54 bits per heavy atom. The average molecular weight is 209 g/mol. The van der Waals surface area contributed by atoms with Crippen molar-refractivity contribution >= 4 is 24.3 Å². The predicted molar refractivity (Wildman–Crippen MR) is 49.0 cm³/mol. The fourth-order valence-electron chi connectivity index (χ4n) is 1.13. The first-order valence-electron chi connectivity index (χ1n) is 3.77. The van der Waals surface area contributed by atoms with E-state index in [2.05, 4.69) is 0 Å². The van der Waals surface area contributed by atoms with Gasteiger partial charge in [-0.15, -0.1) is 12.4 Å². The van der Waals surface area contributed by atoms with E-state index in [0.29, 0.717) is 13.1 Å². The molecule has 0 aromatic carbocycles. The Kier molecular flexibility index (Phi) is 4.72. The number of aliphatic carboxylic acids is 1. The molecule has 1 aliphatic rings. The summed E-state index contributed by atoms with van der Waals surface area (Å²) in [5.74, 6) is -0.894. The molecule has 0 spiro atoms. The number of carboxylic acid groups (broad SMARTS) is 1. The molecule has 1 saturated heterocycles. The van der Waals surface area contributed by atoms with Crippen LogP contribution in [0.1, 0.15) is 0 Å². The van der Waals surface area contributed by atoms with Crippen molar-refractivity contribution in [2.45, 2.75) is 0 Å². The second-order valence-corrected chi connectivity index (χ2v) is 2.92. The molecule has 1 rings (SSSR count). The van der Waals surface area contributed by atoms with Gasteiger partial charge in [-0.2, -0.15) is 0 Å². The Bertz CT molecular complexity index is 210. The standard InChI is InChI=1S/C7H12N2O3.ClH/c1-8-2-3-9(4-6(8)10)5-7(11)12;/h2-5H2,1H3,(H,11,12);1H. The van der Waals surface area contributed by atoms with Crippen LogP contribution in [0.2, 0.25) is 0 Å². The SMILES string of the molecule is CN1CCN(CC(=O)O)CC1=O.Cl. The minimum absolute atomic E-state index is 0. The van der Waals surface area contributed by atoms with Crippen LogP contribution < -0.4 is 0 Å². The number of hydrogen-bond acceptors (Lipinski definition) is 3. The van der Waals surface area contributed by atoms with Crippen LogP contribution in [0.15, 0.2) is 0 Å². The van der Waals surface area contributed by atoms with Crippen LogP contribution in [-0.4, -0.2) is 60.0 Å². The maximum Gasteiger partial charge on any atom is 0.317 e. The highest BCUT2D eigenvalue weighted by Gasteiger charge is 2.21. The van der Waals surface area contributed by atoms with E-state index in [9.17, 15) is 9.59 Å². The van der Waals surface area contributed by atoms with Gasteiger partial charge in [-0.3, -0.25) is 14.5 Å². The number of piperazine rings is 1. The number of amides is 1. The highest BCUT2D eigenvalue weighted by atomic mass is 35.5. The fourth-order valence-corrected chi connectivity index (χ4v) is 1.13. The van der Waals surface area contributed by atoms with Crippen LogP contribution >= 0.6 is 12.4 Å². The lowest BCUT2D eigenvalue weighted by Gasteiger charge is -2.30. The summed E-state index contributed by atoms with van der Waals surface area (Å²) in [6.45, 7) is 1.45. The summed E-state index contributed by atoms with van der Waals surface area (Å²) in [4.78, 5) is 24.6. The third-order valence-corrected chi connectivity index (χ3v) is 1.90. The maximum absolute atomic E-state index is 11.1. The van der Waals surface area contributed by atoms with E-state index in [1.807, 2.05) is 0 Å². The summed E-state index contributed by atoms with van der Waals surface area (Å²) in [5.41, 5.74) is 0. The summed E-state index contributed by atoms with van der Waals surface area (Å²) >= 11 is 0. The highest BCUT2D eigenvalue weighted by Crippen LogP contribution is 1.99. The number of rotatable bonds is 2. The Morgan fingerprint density at radius 2 is 2.15 bits per heavy atom. The predicted octanol–water partition coefficient (Wildman–Crippen LogP) is -0.733. The van der Waals surface area contributed by atoms with Gasteiger partial charge in [-0.05, 0) is 0 Å². The molecule has 0 saturated carbocycles. The lowest BCUT2D eigenvalue weighted by molar-refractivity contribution is -0.141. The largest absolute Gasteiger partial charge is 0.480 e. The normalized spacial score (nSPS) is 18.2. The summed E-state index contributed by atoms with van der Waals surface area (Å²) in [6.07, 6.45) is 0. The second kappa shape index (κ2) is 5.04. The van der Waals surface area contributed by atoms with Gasteiger partial charge in [0.1, 0.15) is 0 Å². The summed E-state index contributed by atoms with van der Waals surface area (Å²) < 4.78 is 0. The number of likely N-dealkylation sites (N-methyl/N-ethyl adjacent to an activating group) is 1.